The second kappa shape index (κ2) is 7.64. The van der Waals surface area contributed by atoms with Gasteiger partial charge in [-0.1, -0.05) is 70.7 Å². The van der Waals surface area contributed by atoms with Crippen LogP contribution in [0.2, 0.25) is 10.0 Å². The van der Waals surface area contributed by atoms with Gasteiger partial charge in [-0.2, -0.15) is 0 Å². The second-order valence-electron chi connectivity index (χ2n) is 5.07. The Labute approximate surface area is 144 Å². The molecule has 112 valence electrons. The summed E-state index contributed by atoms with van der Waals surface area (Å²) in [5.41, 5.74) is 1.91. The van der Waals surface area contributed by atoms with E-state index in [9.17, 15) is 5.11 Å². The molecule has 1 N–H and O–H groups in total. The van der Waals surface area contributed by atoms with Crippen molar-refractivity contribution in [3.63, 3.8) is 0 Å². The fourth-order valence-corrected chi connectivity index (χ4v) is 3.21. The highest BCUT2D eigenvalue weighted by Gasteiger charge is 2.22. The first-order valence-corrected chi connectivity index (χ1v) is 8.46. The number of rotatable bonds is 5. The molecule has 0 spiro atoms. The van der Waals surface area contributed by atoms with Crippen LogP contribution >= 0.6 is 39.1 Å². The van der Waals surface area contributed by atoms with E-state index in [0.717, 1.165) is 28.4 Å². The third-order valence-corrected chi connectivity index (χ3v) is 4.78. The lowest BCUT2D eigenvalue weighted by Gasteiger charge is -2.24. The Kier molecular flexibility index (Phi) is 6.12. The summed E-state index contributed by atoms with van der Waals surface area (Å²) in [7, 11) is 0. The van der Waals surface area contributed by atoms with E-state index in [1.54, 1.807) is 6.07 Å². The standard InChI is InChI=1S/C17H17BrCl2O/c1-2-4-14(11-7-8-15(19)16(20)10-11)17(21)12-5-3-6-13(18)9-12/h3,5-10,14,17,21H,2,4H2,1H3/t14-,17+/m1/s1. The van der Waals surface area contributed by atoms with Crippen LogP contribution in [0.1, 0.15) is 42.9 Å². The molecular weight excluding hydrogens is 371 g/mol. The maximum absolute atomic E-state index is 10.8. The number of halogens is 3. The molecule has 2 atom stereocenters. The van der Waals surface area contributed by atoms with E-state index >= 15 is 0 Å². The Hall–Kier alpha value is -0.540. The van der Waals surface area contributed by atoms with Crippen molar-refractivity contribution in [2.45, 2.75) is 31.8 Å². The molecule has 0 heterocycles. The number of aliphatic hydroxyl groups excluding tert-OH is 1. The average Bonchev–Trinajstić information content (AvgIpc) is 2.47. The Morgan fingerprint density at radius 1 is 1.05 bits per heavy atom. The first-order valence-electron chi connectivity index (χ1n) is 6.91. The van der Waals surface area contributed by atoms with E-state index in [0.29, 0.717) is 10.0 Å². The SMILES string of the molecule is CCC[C@H](c1ccc(Cl)c(Cl)c1)[C@@H](O)c1cccc(Br)c1. The largest absolute Gasteiger partial charge is 0.388 e. The van der Waals surface area contributed by atoms with Crippen LogP contribution in [0.3, 0.4) is 0 Å². The van der Waals surface area contributed by atoms with Gasteiger partial charge < -0.3 is 5.11 Å². The molecule has 2 rings (SSSR count). The topological polar surface area (TPSA) is 20.2 Å². The van der Waals surface area contributed by atoms with E-state index in [-0.39, 0.29) is 5.92 Å². The molecule has 0 amide bonds. The van der Waals surface area contributed by atoms with Gasteiger partial charge in [0, 0.05) is 10.4 Å². The van der Waals surface area contributed by atoms with Gasteiger partial charge in [-0.3, -0.25) is 0 Å². The van der Waals surface area contributed by atoms with Crippen molar-refractivity contribution in [2.75, 3.05) is 0 Å². The summed E-state index contributed by atoms with van der Waals surface area (Å²) in [5, 5.41) is 11.8. The molecule has 21 heavy (non-hydrogen) atoms. The van der Waals surface area contributed by atoms with Crippen molar-refractivity contribution in [3.8, 4) is 0 Å². The number of benzene rings is 2. The van der Waals surface area contributed by atoms with Gasteiger partial charge >= 0.3 is 0 Å². The van der Waals surface area contributed by atoms with Crippen molar-refractivity contribution in [3.05, 3.63) is 68.1 Å². The van der Waals surface area contributed by atoms with Crippen molar-refractivity contribution >= 4 is 39.1 Å². The number of aliphatic hydroxyl groups is 1. The minimum atomic E-state index is -0.570. The summed E-state index contributed by atoms with van der Waals surface area (Å²) in [5.74, 6) is -0.000864. The average molecular weight is 388 g/mol. The van der Waals surface area contributed by atoms with Gasteiger partial charge in [0.15, 0.2) is 0 Å². The molecule has 0 aliphatic carbocycles. The molecule has 4 heteroatoms. The van der Waals surface area contributed by atoms with Gasteiger partial charge in [0.25, 0.3) is 0 Å². The predicted molar refractivity (Wildman–Crippen MR) is 93.2 cm³/mol. The maximum atomic E-state index is 10.8. The molecule has 2 aromatic rings. The van der Waals surface area contributed by atoms with Gasteiger partial charge in [-0.15, -0.1) is 0 Å². The van der Waals surface area contributed by atoms with Crippen molar-refractivity contribution in [2.24, 2.45) is 0 Å². The Balaban J connectivity index is 2.35. The van der Waals surface area contributed by atoms with Gasteiger partial charge in [0.2, 0.25) is 0 Å². The summed E-state index contributed by atoms with van der Waals surface area (Å²) >= 11 is 15.5. The van der Waals surface area contributed by atoms with E-state index in [4.69, 9.17) is 23.2 Å². The summed E-state index contributed by atoms with van der Waals surface area (Å²) in [6.07, 6.45) is 1.29. The van der Waals surface area contributed by atoms with Crippen molar-refractivity contribution in [1.29, 1.82) is 0 Å². The predicted octanol–water partition coefficient (Wildman–Crippen LogP) is 6.37. The van der Waals surface area contributed by atoms with Crippen molar-refractivity contribution in [1.82, 2.24) is 0 Å². The molecule has 0 aliphatic rings. The lowest BCUT2D eigenvalue weighted by atomic mass is 9.86. The third kappa shape index (κ3) is 4.23. The minimum Gasteiger partial charge on any atom is -0.388 e. The number of hydrogen-bond acceptors (Lipinski definition) is 1. The Morgan fingerprint density at radius 3 is 2.43 bits per heavy atom. The molecule has 0 bridgehead atoms. The van der Waals surface area contributed by atoms with Crippen molar-refractivity contribution < 1.29 is 5.11 Å². The lowest BCUT2D eigenvalue weighted by Crippen LogP contribution is -2.11. The van der Waals surface area contributed by atoms with Crippen LogP contribution in [0.5, 0.6) is 0 Å². The van der Waals surface area contributed by atoms with Crippen LogP contribution in [0.25, 0.3) is 0 Å². The van der Waals surface area contributed by atoms with Gasteiger partial charge in [-0.25, -0.2) is 0 Å². The highest BCUT2D eigenvalue weighted by Crippen LogP contribution is 2.37. The summed E-state index contributed by atoms with van der Waals surface area (Å²) in [4.78, 5) is 0. The normalized spacial score (nSPS) is 14.0. The van der Waals surface area contributed by atoms with E-state index in [1.807, 2.05) is 36.4 Å². The Bertz CT molecular complexity index is 615. The van der Waals surface area contributed by atoms with Crippen LogP contribution in [0.15, 0.2) is 46.9 Å². The van der Waals surface area contributed by atoms with Gasteiger partial charge in [-0.05, 0) is 41.8 Å². The molecule has 0 fully saturated rings. The molecule has 0 aromatic heterocycles. The first kappa shape index (κ1) is 16.8. The Morgan fingerprint density at radius 2 is 1.81 bits per heavy atom. The lowest BCUT2D eigenvalue weighted by molar-refractivity contribution is 0.140. The van der Waals surface area contributed by atoms with Crippen LogP contribution in [0, 0.1) is 0 Å². The molecule has 0 aliphatic heterocycles. The maximum Gasteiger partial charge on any atom is 0.0858 e. The van der Waals surface area contributed by atoms with E-state index < -0.39 is 6.10 Å². The fraction of sp³-hybridized carbons (Fsp3) is 0.294. The van der Waals surface area contributed by atoms with Gasteiger partial charge in [0.05, 0.1) is 16.1 Å². The fourth-order valence-electron chi connectivity index (χ4n) is 2.48. The molecule has 2 aromatic carbocycles. The quantitative estimate of drug-likeness (QED) is 0.631. The highest BCUT2D eigenvalue weighted by molar-refractivity contribution is 9.10. The first-order chi connectivity index (χ1) is 10.0. The summed E-state index contributed by atoms with van der Waals surface area (Å²) in [6, 6.07) is 13.3. The molecule has 0 saturated carbocycles. The monoisotopic (exact) mass is 386 g/mol. The zero-order chi connectivity index (χ0) is 15.4. The molecule has 0 saturated heterocycles. The van der Waals surface area contributed by atoms with Crippen LogP contribution < -0.4 is 0 Å². The second-order valence-corrected chi connectivity index (χ2v) is 6.80. The van der Waals surface area contributed by atoms with Crippen LogP contribution in [-0.4, -0.2) is 5.11 Å². The van der Waals surface area contributed by atoms with Crippen LogP contribution in [-0.2, 0) is 0 Å². The smallest absolute Gasteiger partial charge is 0.0858 e. The van der Waals surface area contributed by atoms with Gasteiger partial charge in [0.1, 0.15) is 0 Å². The number of hydrogen-bond donors (Lipinski definition) is 1. The zero-order valence-electron chi connectivity index (χ0n) is 11.7. The summed E-state index contributed by atoms with van der Waals surface area (Å²) < 4.78 is 0.962. The van der Waals surface area contributed by atoms with E-state index in [2.05, 4.69) is 22.9 Å². The minimum absolute atomic E-state index is 0.000864. The zero-order valence-corrected chi connectivity index (χ0v) is 14.8. The molecular formula is C17H17BrCl2O. The van der Waals surface area contributed by atoms with Crippen LogP contribution in [0.4, 0.5) is 0 Å². The molecule has 0 radical (unpaired) electrons. The molecule has 1 nitrogen and oxygen atoms in total. The third-order valence-electron chi connectivity index (χ3n) is 3.54. The highest BCUT2D eigenvalue weighted by atomic mass is 79.9. The summed E-state index contributed by atoms with van der Waals surface area (Å²) in [6.45, 7) is 2.11. The van der Waals surface area contributed by atoms with E-state index in [1.165, 1.54) is 0 Å². The molecule has 0 unspecified atom stereocenters.